The first-order valence-corrected chi connectivity index (χ1v) is 5.54. The van der Waals surface area contributed by atoms with Gasteiger partial charge >= 0.3 is 0 Å². The van der Waals surface area contributed by atoms with E-state index in [1.807, 2.05) is 0 Å². The molecule has 1 amide bonds. The van der Waals surface area contributed by atoms with E-state index in [0.717, 1.165) is 0 Å². The molecule has 1 N–H and O–H groups in total. The van der Waals surface area contributed by atoms with Crippen LogP contribution in [0.3, 0.4) is 0 Å². The molecule has 0 spiro atoms. The molecule has 1 atom stereocenters. The third-order valence-corrected chi connectivity index (χ3v) is 2.81. The highest BCUT2D eigenvalue weighted by molar-refractivity contribution is 6.41. The second-order valence-corrected chi connectivity index (χ2v) is 4.47. The van der Waals surface area contributed by atoms with Crippen LogP contribution in [0.4, 0.5) is 5.69 Å². The summed E-state index contributed by atoms with van der Waals surface area (Å²) in [6, 6.07) is 3.12. The molecule has 0 aromatic heterocycles. The minimum absolute atomic E-state index is 0.204. The van der Waals surface area contributed by atoms with Crippen molar-refractivity contribution in [3.8, 4) is 0 Å². The first-order chi connectivity index (χ1) is 7.56. The Morgan fingerprint density at radius 2 is 1.88 bits per heavy atom. The number of halogens is 3. The summed E-state index contributed by atoms with van der Waals surface area (Å²) in [5.41, 5.74) is 0.506. The maximum absolute atomic E-state index is 10.9. The molecule has 7 heteroatoms. The fraction of sp³-hybridized carbons (Fsp3) is 0.222. The quantitative estimate of drug-likeness (QED) is 0.895. The lowest BCUT2D eigenvalue weighted by molar-refractivity contribution is -0.117. The maximum atomic E-state index is 10.9. The van der Waals surface area contributed by atoms with Crippen LogP contribution in [0.5, 0.6) is 0 Å². The topological polar surface area (TPSA) is 53.8 Å². The molecule has 1 heterocycles. The van der Waals surface area contributed by atoms with E-state index in [9.17, 15) is 4.79 Å². The number of azo groups is 1. The average molecular weight is 279 g/mol. The Hall–Kier alpha value is -0.840. The van der Waals surface area contributed by atoms with Gasteiger partial charge in [0.1, 0.15) is 6.17 Å². The zero-order valence-corrected chi connectivity index (χ0v) is 10.1. The third kappa shape index (κ3) is 2.45. The van der Waals surface area contributed by atoms with E-state index in [2.05, 4.69) is 15.5 Å². The van der Waals surface area contributed by atoms with Crippen LogP contribution < -0.4 is 5.32 Å². The van der Waals surface area contributed by atoms with Gasteiger partial charge in [-0.05, 0) is 12.1 Å². The van der Waals surface area contributed by atoms with Crippen LogP contribution in [-0.4, -0.2) is 12.1 Å². The normalized spacial score (nSPS) is 19.2. The lowest BCUT2D eigenvalue weighted by atomic mass is 10.3. The molecule has 0 fully saturated rings. The van der Waals surface area contributed by atoms with E-state index in [1.165, 1.54) is 0 Å². The van der Waals surface area contributed by atoms with Crippen LogP contribution in [0.15, 0.2) is 22.4 Å². The van der Waals surface area contributed by atoms with Crippen LogP contribution in [-0.2, 0) is 4.79 Å². The number of amides is 1. The van der Waals surface area contributed by atoms with Gasteiger partial charge in [-0.2, -0.15) is 5.11 Å². The first kappa shape index (κ1) is 11.6. The van der Waals surface area contributed by atoms with Gasteiger partial charge in [0.15, 0.2) is 0 Å². The van der Waals surface area contributed by atoms with Crippen LogP contribution in [0.1, 0.15) is 6.42 Å². The van der Waals surface area contributed by atoms with Crippen LogP contribution in [0, 0.1) is 0 Å². The number of hydrogen-bond donors (Lipinski definition) is 1. The van der Waals surface area contributed by atoms with Gasteiger partial charge in [-0.25, -0.2) is 0 Å². The second kappa shape index (κ2) is 4.57. The molecule has 1 aromatic rings. The van der Waals surface area contributed by atoms with Crippen molar-refractivity contribution < 1.29 is 4.79 Å². The molecule has 16 heavy (non-hydrogen) atoms. The molecule has 0 bridgehead atoms. The minimum atomic E-state index is -0.413. The molecule has 4 nitrogen and oxygen atoms in total. The molecular formula is C9H6Cl3N3O. The number of hydrogen-bond acceptors (Lipinski definition) is 3. The number of carbonyl (C=O) groups excluding carboxylic acids is 1. The largest absolute Gasteiger partial charge is 0.359 e. The number of nitrogens with one attached hydrogen (secondary N) is 1. The van der Waals surface area contributed by atoms with Gasteiger partial charge in [-0.3, -0.25) is 4.79 Å². The van der Waals surface area contributed by atoms with Crippen molar-refractivity contribution in [1.29, 1.82) is 0 Å². The van der Waals surface area contributed by atoms with Crippen molar-refractivity contribution in [1.82, 2.24) is 0 Å². The Labute approximate surface area is 107 Å². The van der Waals surface area contributed by atoms with Gasteiger partial charge in [0.2, 0.25) is 0 Å². The highest BCUT2D eigenvalue weighted by atomic mass is 35.5. The van der Waals surface area contributed by atoms with Crippen LogP contribution in [0.2, 0.25) is 15.1 Å². The van der Waals surface area contributed by atoms with Crippen molar-refractivity contribution in [2.75, 3.05) is 5.32 Å². The van der Waals surface area contributed by atoms with E-state index in [4.69, 9.17) is 34.8 Å². The average Bonchev–Trinajstić information content (AvgIpc) is 2.58. The summed E-state index contributed by atoms with van der Waals surface area (Å²) >= 11 is 17.7. The molecular weight excluding hydrogens is 272 g/mol. The van der Waals surface area contributed by atoms with Crippen LogP contribution in [0.25, 0.3) is 0 Å². The second-order valence-electron chi connectivity index (χ2n) is 3.22. The van der Waals surface area contributed by atoms with Gasteiger partial charge in [-0.1, -0.05) is 34.8 Å². The predicted octanol–water partition coefficient (Wildman–Crippen LogP) is 3.77. The first-order valence-electron chi connectivity index (χ1n) is 4.41. The standard InChI is InChI=1S/C9H6Cl3N3O/c10-4-1-5(11)9(6(12)2-4)13-7-3-8(16)15-14-7/h1-2,7,13H,3H2. The monoisotopic (exact) mass is 277 g/mol. The molecule has 1 aromatic carbocycles. The van der Waals surface area contributed by atoms with Crippen molar-refractivity contribution in [3.63, 3.8) is 0 Å². The zero-order chi connectivity index (χ0) is 11.7. The molecule has 1 unspecified atom stereocenters. The Balaban J connectivity index is 2.22. The predicted molar refractivity (Wildman–Crippen MR) is 63.4 cm³/mol. The highest BCUT2D eigenvalue weighted by Gasteiger charge is 2.21. The van der Waals surface area contributed by atoms with E-state index < -0.39 is 6.17 Å². The molecule has 0 aliphatic carbocycles. The molecule has 0 saturated heterocycles. The van der Waals surface area contributed by atoms with E-state index in [-0.39, 0.29) is 12.3 Å². The Morgan fingerprint density at radius 1 is 1.25 bits per heavy atom. The lowest BCUT2D eigenvalue weighted by Crippen LogP contribution is -2.15. The summed E-state index contributed by atoms with van der Waals surface area (Å²) in [5, 5.41) is 11.3. The summed E-state index contributed by atoms with van der Waals surface area (Å²) in [5.74, 6) is -0.265. The smallest absolute Gasteiger partial charge is 0.268 e. The number of nitrogens with zero attached hydrogens (tertiary/aromatic N) is 2. The van der Waals surface area contributed by atoms with Gasteiger partial charge in [-0.15, -0.1) is 5.11 Å². The SMILES string of the molecule is O=C1CC(Nc2c(Cl)cc(Cl)cc2Cl)N=N1. The fourth-order valence-electron chi connectivity index (χ4n) is 1.31. The Kier molecular flexibility index (Phi) is 3.33. The number of rotatable bonds is 2. The lowest BCUT2D eigenvalue weighted by Gasteiger charge is -2.13. The number of carbonyl (C=O) groups is 1. The minimum Gasteiger partial charge on any atom is -0.359 e. The molecule has 0 saturated carbocycles. The molecule has 2 rings (SSSR count). The maximum Gasteiger partial charge on any atom is 0.268 e. The van der Waals surface area contributed by atoms with Gasteiger partial charge < -0.3 is 5.32 Å². The van der Waals surface area contributed by atoms with E-state index in [1.54, 1.807) is 12.1 Å². The molecule has 1 aliphatic heterocycles. The van der Waals surface area contributed by atoms with E-state index >= 15 is 0 Å². The summed E-state index contributed by atoms with van der Waals surface area (Å²) in [6.07, 6.45) is -0.210. The van der Waals surface area contributed by atoms with Crippen molar-refractivity contribution in [2.45, 2.75) is 12.6 Å². The summed E-state index contributed by atoms with van der Waals surface area (Å²) in [4.78, 5) is 10.9. The number of benzene rings is 1. The third-order valence-electron chi connectivity index (χ3n) is 1.99. The summed E-state index contributed by atoms with van der Waals surface area (Å²) < 4.78 is 0. The Morgan fingerprint density at radius 3 is 2.38 bits per heavy atom. The van der Waals surface area contributed by atoms with Gasteiger partial charge in [0, 0.05) is 5.02 Å². The highest BCUT2D eigenvalue weighted by Crippen LogP contribution is 2.34. The molecule has 84 valence electrons. The van der Waals surface area contributed by atoms with Crippen molar-refractivity contribution in [3.05, 3.63) is 27.2 Å². The van der Waals surface area contributed by atoms with Crippen molar-refractivity contribution >= 4 is 46.4 Å². The summed E-state index contributed by atoms with van der Waals surface area (Å²) in [6.45, 7) is 0. The van der Waals surface area contributed by atoms with E-state index in [0.29, 0.717) is 20.8 Å². The fourth-order valence-corrected chi connectivity index (χ4v) is 2.23. The number of anilines is 1. The molecule has 0 radical (unpaired) electrons. The van der Waals surface area contributed by atoms with Crippen molar-refractivity contribution in [2.24, 2.45) is 10.2 Å². The molecule has 1 aliphatic rings. The zero-order valence-electron chi connectivity index (χ0n) is 7.88. The summed E-state index contributed by atoms with van der Waals surface area (Å²) in [7, 11) is 0. The van der Waals surface area contributed by atoms with Gasteiger partial charge in [0.05, 0.1) is 22.2 Å². The van der Waals surface area contributed by atoms with Crippen LogP contribution >= 0.6 is 34.8 Å². The Bertz CT molecular complexity index is 452. The van der Waals surface area contributed by atoms with Gasteiger partial charge in [0.25, 0.3) is 5.91 Å².